The van der Waals surface area contributed by atoms with Gasteiger partial charge in [0.2, 0.25) is 0 Å². The van der Waals surface area contributed by atoms with Crippen molar-refractivity contribution >= 4 is 23.4 Å². The van der Waals surface area contributed by atoms with E-state index in [2.05, 4.69) is 4.98 Å². The molecule has 1 aliphatic heterocycles. The average molecular weight is 346 g/mol. The Morgan fingerprint density at radius 2 is 1.62 bits per heavy atom. The fraction of sp³-hybridized carbons (Fsp3) is 0.333. The molecule has 2 heterocycles. The Hall–Kier alpha value is -2.27. The number of carbonyl (C=O) groups is 2. The molecule has 0 aliphatic carbocycles. The number of piperazine rings is 1. The zero-order chi connectivity index (χ0) is 17.3. The number of benzene rings is 1. The number of nitrogens with one attached hydrogen (secondary N) is 1. The van der Waals surface area contributed by atoms with Crippen LogP contribution in [0.15, 0.2) is 30.3 Å². The summed E-state index contributed by atoms with van der Waals surface area (Å²) in [6, 6.07) is 8.83. The number of aromatic nitrogens is 1. The molecule has 1 aromatic heterocycles. The first-order chi connectivity index (χ1) is 11.5. The Balaban J connectivity index is 1.64. The molecule has 24 heavy (non-hydrogen) atoms. The van der Waals surface area contributed by atoms with Crippen LogP contribution in [0.25, 0.3) is 0 Å². The summed E-state index contributed by atoms with van der Waals surface area (Å²) >= 11 is 5.95. The normalized spacial score (nSPS) is 14.8. The highest BCUT2D eigenvalue weighted by Gasteiger charge is 2.26. The lowest BCUT2D eigenvalue weighted by Gasteiger charge is -2.34. The van der Waals surface area contributed by atoms with Crippen LogP contribution in [0.4, 0.5) is 0 Å². The van der Waals surface area contributed by atoms with E-state index in [1.54, 1.807) is 34.1 Å². The van der Waals surface area contributed by atoms with Crippen molar-refractivity contribution in [2.24, 2.45) is 0 Å². The Labute approximate surface area is 146 Å². The maximum atomic E-state index is 12.6. The molecule has 0 unspecified atom stereocenters. The van der Waals surface area contributed by atoms with Gasteiger partial charge in [-0.15, -0.1) is 0 Å². The number of carbonyl (C=O) groups excluding carboxylic acids is 2. The van der Waals surface area contributed by atoms with Gasteiger partial charge in [0.05, 0.1) is 5.56 Å². The second-order valence-corrected chi connectivity index (χ2v) is 6.52. The third-order valence-electron chi connectivity index (χ3n) is 4.31. The van der Waals surface area contributed by atoms with Gasteiger partial charge in [-0.1, -0.05) is 17.7 Å². The van der Waals surface area contributed by atoms with Crippen LogP contribution in [0.5, 0.6) is 0 Å². The average Bonchev–Trinajstić information content (AvgIpc) is 2.92. The molecule has 0 saturated carbocycles. The van der Waals surface area contributed by atoms with Gasteiger partial charge in [0.25, 0.3) is 11.8 Å². The van der Waals surface area contributed by atoms with Crippen molar-refractivity contribution < 1.29 is 9.59 Å². The lowest BCUT2D eigenvalue weighted by Crippen LogP contribution is -2.50. The van der Waals surface area contributed by atoms with E-state index in [0.29, 0.717) is 42.3 Å². The summed E-state index contributed by atoms with van der Waals surface area (Å²) in [5, 5.41) is 0.549. The molecule has 1 N–H and O–H groups in total. The van der Waals surface area contributed by atoms with Crippen molar-refractivity contribution in [1.29, 1.82) is 0 Å². The molecule has 126 valence electrons. The van der Waals surface area contributed by atoms with Crippen LogP contribution in [-0.2, 0) is 0 Å². The summed E-state index contributed by atoms with van der Waals surface area (Å²) in [4.78, 5) is 31.9. The first kappa shape index (κ1) is 16.6. The SMILES string of the molecule is Cc1cc(C(=O)N2CCN(C(=O)c3cccc(Cl)c3)CC2)c(C)[nH]1. The molecule has 1 aromatic carbocycles. The number of halogens is 1. The molecule has 1 fully saturated rings. The molecule has 0 spiro atoms. The van der Waals surface area contributed by atoms with E-state index in [4.69, 9.17) is 11.6 Å². The number of rotatable bonds is 2. The number of nitrogens with zero attached hydrogens (tertiary/aromatic N) is 2. The van der Waals surface area contributed by atoms with Crippen LogP contribution in [0.1, 0.15) is 32.1 Å². The predicted octanol–water partition coefficient (Wildman–Crippen LogP) is 2.88. The molecule has 2 amide bonds. The van der Waals surface area contributed by atoms with E-state index in [0.717, 1.165) is 11.4 Å². The minimum Gasteiger partial charge on any atom is -0.362 e. The van der Waals surface area contributed by atoms with Gasteiger partial charge in [-0.3, -0.25) is 9.59 Å². The van der Waals surface area contributed by atoms with Gasteiger partial charge in [0.1, 0.15) is 0 Å². The van der Waals surface area contributed by atoms with E-state index in [1.165, 1.54) is 0 Å². The van der Waals surface area contributed by atoms with Crippen molar-refractivity contribution in [3.63, 3.8) is 0 Å². The van der Waals surface area contributed by atoms with Crippen LogP contribution in [-0.4, -0.2) is 52.8 Å². The van der Waals surface area contributed by atoms with Crippen LogP contribution >= 0.6 is 11.6 Å². The van der Waals surface area contributed by atoms with Crippen LogP contribution in [0.3, 0.4) is 0 Å². The van der Waals surface area contributed by atoms with Crippen LogP contribution in [0.2, 0.25) is 5.02 Å². The maximum absolute atomic E-state index is 12.6. The Morgan fingerprint density at radius 3 is 2.17 bits per heavy atom. The summed E-state index contributed by atoms with van der Waals surface area (Å²) in [5.74, 6) is -0.0232. The maximum Gasteiger partial charge on any atom is 0.255 e. The summed E-state index contributed by atoms with van der Waals surface area (Å²) in [7, 11) is 0. The second-order valence-electron chi connectivity index (χ2n) is 6.09. The second kappa shape index (κ2) is 6.69. The molecule has 1 aliphatic rings. The monoisotopic (exact) mass is 345 g/mol. The Bertz CT molecular complexity index is 776. The highest BCUT2D eigenvalue weighted by molar-refractivity contribution is 6.30. The van der Waals surface area contributed by atoms with Crippen molar-refractivity contribution in [2.75, 3.05) is 26.2 Å². The molecule has 0 atom stereocenters. The van der Waals surface area contributed by atoms with Crippen molar-refractivity contribution in [2.45, 2.75) is 13.8 Å². The molecule has 0 radical (unpaired) electrons. The van der Waals surface area contributed by atoms with E-state index < -0.39 is 0 Å². The number of hydrogen-bond donors (Lipinski definition) is 1. The van der Waals surface area contributed by atoms with Gasteiger partial charge in [-0.25, -0.2) is 0 Å². The van der Waals surface area contributed by atoms with Gasteiger partial charge in [-0.05, 0) is 38.1 Å². The molecule has 2 aromatic rings. The quantitative estimate of drug-likeness (QED) is 0.909. The van der Waals surface area contributed by atoms with E-state index in [9.17, 15) is 9.59 Å². The summed E-state index contributed by atoms with van der Waals surface area (Å²) < 4.78 is 0. The standard InChI is InChI=1S/C18H20ClN3O2/c1-12-10-16(13(2)20-12)18(24)22-8-6-21(7-9-22)17(23)14-4-3-5-15(19)11-14/h3-5,10-11,20H,6-9H2,1-2H3. The molecule has 5 nitrogen and oxygen atoms in total. The Kier molecular flexibility index (Phi) is 4.62. The third kappa shape index (κ3) is 3.31. The minimum absolute atomic E-state index is 0.0201. The van der Waals surface area contributed by atoms with E-state index in [1.807, 2.05) is 19.9 Å². The van der Waals surface area contributed by atoms with Gasteiger partial charge >= 0.3 is 0 Å². The zero-order valence-corrected chi connectivity index (χ0v) is 14.6. The van der Waals surface area contributed by atoms with Crippen molar-refractivity contribution in [3.8, 4) is 0 Å². The summed E-state index contributed by atoms with van der Waals surface area (Å²) in [5.41, 5.74) is 3.15. The molecule has 3 rings (SSSR count). The van der Waals surface area contributed by atoms with E-state index in [-0.39, 0.29) is 11.8 Å². The number of aromatic amines is 1. The van der Waals surface area contributed by atoms with Crippen LogP contribution < -0.4 is 0 Å². The lowest BCUT2D eigenvalue weighted by atomic mass is 10.1. The van der Waals surface area contributed by atoms with Crippen LogP contribution in [0, 0.1) is 13.8 Å². The van der Waals surface area contributed by atoms with Gasteiger partial charge in [0.15, 0.2) is 0 Å². The lowest BCUT2D eigenvalue weighted by molar-refractivity contribution is 0.0535. The number of H-pyrrole nitrogens is 1. The number of hydrogen-bond acceptors (Lipinski definition) is 2. The molecule has 1 saturated heterocycles. The highest BCUT2D eigenvalue weighted by Crippen LogP contribution is 2.17. The van der Waals surface area contributed by atoms with E-state index >= 15 is 0 Å². The third-order valence-corrected chi connectivity index (χ3v) is 4.54. The number of amides is 2. The highest BCUT2D eigenvalue weighted by atomic mass is 35.5. The fourth-order valence-electron chi connectivity index (χ4n) is 3.03. The zero-order valence-electron chi connectivity index (χ0n) is 13.8. The molecule has 0 bridgehead atoms. The van der Waals surface area contributed by atoms with Gasteiger partial charge < -0.3 is 14.8 Å². The number of aryl methyl sites for hydroxylation is 2. The minimum atomic E-state index is -0.0433. The first-order valence-electron chi connectivity index (χ1n) is 7.96. The summed E-state index contributed by atoms with van der Waals surface area (Å²) in [6.45, 7) is 5.97. The molecular formula is C18H20ClN3O2. The Morgan fingerprint density at radius 1 is 1.00 bits per heavy atom. The predicted molar refractivity (Wildman–Crippen MR) is 93.5 cm³/mol. The van der Waals surface area contributed by atoms with Gasteiger partial charge in [0, 0.05) is 48.2 Å². The summed E-state index contributed by atoms with van der Waals surface area (Å²) in [6.07, 6.45) is 0. The fourth-order valence-corrected chi connectivity index (χ4v) is 3.22. The smallest absolute Gasteiger partial charge is 0.255 e. The topological polar surface area (TPSA) is 56.4 Å². The largest absolute Gasteiger partial charge is 0.362 e. The van der Waals surface area contributed by atoms with Crippen molar-refractivity contribution in [3.05, 3.63) is 57.9 Å². The molecule has 6 heteroatoms. The first-order valence-corrected chi connectivity index (χ1v) is 8.34. The molecular weight excluding hydrogens is 326 g/mol. The van der Waals surface area contributed by atoms with Crippen molar-refractivity contribution in [1.82, 2.24) is 14.8 Å². The van der Waals surface area contributed by atoms with Gasteiger partial charge in [-0.2, -0.15) is 0 Å².